The fourth-order valence-electron chi connectivity index (χ4n) is 6.24. The highest BCUT2D eigenvalue weighted by Gasteiger charge is 2.51. The van der Waals surface area contributed by atoms with Crippen molar-refractivity contribution in [1.82, 2.24) is 0 Å². The summed E-state index contributed by atoms with van der Waals surface area (Å²) in [4.78, 5) is 35.6. The van der Waals surface area contributed by atoms with Crippen molar-refractivity contribution in [3.05, 3.63) is 60.8 Å². The molecule has 0 heterocycles. The van der Waals surface area contributed by atoms with E-state index < -0.39 is 81.8 Å². The number of carbonyl (C=O) groups is 2. The van der Waals surface area contributed by atoms with E-state index in [4.69, 9.17) is 18.5 Å². The SMILES string of the molecule is CCCCC/C=C\C[C@@H](O)/C=C/C=C\C/C=C\CCCC(=O)OC[C@H](COP(=O)(O)OC1[C@H](O)[C@H](O)C(O)[C@H](O)[C@H]1O)OC(=O)CCCCCCC/C=C\CCCCCC. The summed E-state index contributed by atoms with van der Waals surface area (Å²) in [6.07, 6.45) is 24.5. The lowest BCUT2D eigenvalue weighted by Crippen LogP contribution is -2.64. The van der Waals surface area contributed by atoms with Gasteiger partial charge >= 0.3 is 19.8 Å². The van der Waals surface area contributed by atoms with Gasteiger partial charge in [0.25, 0.3) is 0 Å². The van der Waals surface area contributed by atoms with Gasteiger partial charge < -0.3 is 45.0 Å². The molecule has 0 bridgehead atoms. The van der Waals surface area contributed by atoms with Gasteiger partial charge in [-0.25, -0.2) is 4.57 Å². The zero-order valence-corrected chi connectivity index (χ0v) is 37.0. The van der Waals surface area contributed by atoms with Crippen molar-refractivity contribution in [2.45, 2.75) is 198 Å². The number of carbonyl (C=O) groups excluding carboxylic acids is 2. The van der Waals surface area contributed by atoms with Crippen LogP contribution >= 0.6 is 7.82 Å². The second-order valence-corrected chi connectivity index (χ2v) is 16.8. The number of ether oxygens (including phenoxy) is 2. The first-order chi connectivity index (χ1) is 28.8. The minimum Gasteiger partial charge on any atom is -0.462 e. The lowest BCUT2D eigenvalue weighted by molar-refractivity contribution is -0.220. The molecule has 1 aliphatic carbocycles. The van der Waals surface area contributed by atoms with E-state index in [0.29, 0.717) is 32.1 Å². The van der Waals surface area contributed by atoms with Crippen LogP contribution in [0.1, 0.15) is 149 Å². The fourth-order valence-corrected chi connectivity index (χ4v) is 7.21. The van der Waals surface area contributed by atoms with Gasteiger partial charge in [-0.3, -0.25) is 18.6 Å². The molecule has 60 heavy (non-hydrogen) atoms. The summed E-state index contributed by atoms with van der Waals surface area (Å²) in [5, 5.41) is 60.1. The smallest absolute Gasteiger partial charge is 0.462 e. The van der Waals surface area contributed by atoms with Gasteiger partial charge in [0.05, 0.1) is 12.7 Å². The maximum absolute atomic E-state index is 12.8. The number of phosphoric acid groups is 1. The van der Waals surface area contributed by atoms with Crippen molar-refractivity contribution in [3.63, 3.8) is 0 Å². The molecule has 15 heteroatoms. The van der Waals surface area contributed by atoms with E-state index in [1.54, 1.807) is 6.08 Å². The molecule has 0 radical (unpaired) electrons. The van der Waals surface area contributed by atoms with Crippen LogP contribution in [0.5, 0.6) is 0 Å². The van der Waals surface area contributed by atoms with E-state index in [0.717, 1.165) is 44.9 Å². The molecule has 0 aromatic rings. The molecule has 0 aliphatic heterocycles. The number of rotatable bonds is 35. The summed E-state index contributed by atoms with van der Waals surface area (Å²) in [5.41, 5.74) is 0. The molecule has 3 unspecified atom stereocenters. The van der Waals surface area contributed by atoms with Gasteiger partial charge in [-0.15, -0.1) is 0 Å². The minimum atomic E-state index is -5.15. The van der Waals surface area contributed by atoms with Crippen LogP contribution in [0.15, 0.2) is 60.8 Å². The van der Waals surface area contributed by atoms with Crippen LogP contribution < -0.4 is 0 Å². The zero-order chi connectivity index (χ0) is 44.4. The first-order valence-corrected chi connectivity index (χ1v) is 23.7. The van der Waals surface area contributed by atoms with Crippen LogP contribution in [0.25, 0.3) is 0 Å². The molecule has 14 nitrogen and oxygen atoms in total. The van der Waals surface area contributed by atoms with E-state index >= 15 is 0 Å². The first kappa shape index (κ1) is 55.5. The molecule has 0 saturated heterocycles. The molecule has 1 aliphatic rings. The Labute approximate surface area is 358 Å². The van der Waals surface area contributed by atoms with Gasteiger partial charge in [-0.2, -0.15) is 0 Å². The third-order valence-corrected chi connectivity index (χ3v) is 10.9. The third-order valence-electron chi connectivity index (χ3n) is 9.91. The van der Waals surface area contributed by atoms with Gasteiger partial charge in [0.15, 0.2) is 6.10 Å². The van der Waals surface area contributed by atoms with Gasteiger partial charge in [0.2, 0.25) is 0 Å². The molecule has 346 valence electrons. The van der Waals surface area contributed by atoms with Crippen molar-refractivity contribution < 1.29 is 68.2 Å². The first-order valence-electron chi connectivity index (χ1n) is 22.2. The summed E-state index contributed by atoms with van der Waals surface area (Å²) in [6, 6.07) is 0. The number of unbranched alkanes of at least 4 members (excludes halogenated alkanes) is 13. The highest BCUT2D eigenvalue weighted by molar-refractivity contribution is 7.47. The monoisotopic (exact) mass is 873 g/mol. The maximum Gasteiger partial charge on any atom is 0.472 e. The predicted molar refractivity (Wildman–Crippen MR) is 232 cm³/mol. The second kappa shape index (κ2) is 35.0. The van der Waals surface area contributed by atoms with E-state index in [1.165, 1.54) is 44.9 Å². The molecule has 1 saturated carbocycles. The highest BCUT2D eigenvalue weighted by atomic mass is 31.2. The summed E-state index contributed by atoms with van der Waals surface area (Å²) >= 11 is 0. The number of hydrogen-bond acceptors (Lipinski definition) is 13. The van der Waals surface area contributed by atoms with Crippen LogP contribution in [-0.4, -0.2) is 110 Å². The molecule has 9 atom stereocenters. The van der Waals surface area contributed by atoms with E-state index in [1.807, 2.05) is 36.5 Å². The van der Waals surface area contributed by atoms with Crippen LogP contribution in [0.2, 0.25) is 0 Å². The zero-order valence-electron chi connectivity index (χ0n) is 36.1. The Bertz CT molecular complexity index is 1300. The second-order valence-electron chi connectivity index (χ2n) is 15.4. The van der Waals surface area contributed by atoms with Crippen LogP contribution in [0.3, 0.4) is 0 Å². The number of esters is 2. The molecule has 1 rings (SSSR count). The number of aliphatic hydroxyl groups excluding tert-OH is 6. The summed E-state index contributed by atoms with van der Waals surface area (Å²) in [7, 11) is -5.15. The number of aliphatic hydroxyl groups is 6. The van der Waals surface area contributed by atoms with Gasteiger partial charge in [0, 0.05) is 12.8 Å². The van der Waals surface area contributed by atoms with E-state index in [9.17, 15) is 49.7 Å². The van der Waals surface area contributed by atoms with Crippen LogP contribution in [0.4, 0.5) is 0 Å². The molecular weight excluding hydrogens is 795 g/mol. The quantitative estimate of drug-likeness (QED) is 0.0110. The standard InChI is InChI=1S/C45H77O14P/c1-3-5-7-9-11-12-13-14-15-16-21-25-29-33-39(48)58-37(35-57-60(54,55)59-45-43(52)41(50)40(49)42(51)44(45)53)34-56-38(47)32-28-24-20-18-17-19-23-27-31-36(46)30-26-22-10-8-6-4-2/h12-13,18-20,22-23,26-27,31,36-37,40-46,49-53H,3-11,14-17,21,24-25,28-30,32-35H2,1-2H3,(H,54,55)/b13-12-,20-18-,23-19-,26-22-,31-27+/t36-,37-,40?,41-,42+,43-,44-,45?/m1/s1. The lowest BCUT2D eigenvalue weighted by Gasteiger charge is -2.41. The van der Waals surface area contributed by atoms with Gasteiger partial charge in [0.1, 0.15) is 43.2 Å². The molecule has 0 spiro atoms. The van der Waals surface area contributed by atoms with Crippen LogP contribution in [-0.2, 0) is 32.7 Å². The van der Waals surface area contributed by atoms with Gasteiger partial charge in [-0.05, 0) is 70.6 Å². The highest BCUT2D eigenvalue weighted by Crippen LogP contribution is 2.47. The molecule has 7 N–H and O–H groups in total. The predicted octanol–water partition coefficient (Wildman–Crippen LogP) is 7.14. The molecule has 0 aromatic heterocycles. The Morgan fingerprint density at radius 2 is 1.12 bits per heavy atom. The van der Waals surface area contributed by atoms with E-state index in [2.05, 4.69) is 32.1 Å². The molecule has 1 fully saturated rings. The van der Waals surface area contributed by atoms with Crippen molar-refractivity contribution >= 4 is 19.8 Å². The minimum absolute atomic E-state index is 0.0553. The normalized spacial score (nSPS) is 23.3. The van der Waals surface area contributed by atoms with E-state index in [-0.39, 0.29) is 12.8 Å². The van der Waals surface area contributed by atoms with Crippen molar-refractivity contribution in [1.29, 1.82) is 0 Å². The molecule has 0 amide bonds. The third kappa shape index (κ3) is 27.5. The fraction of sp³-hybridized carbons (Fsp3) is 0.733. The number of phosphoric ester groups is 1. The summed E-state index contributed by atoms with van der Waals surface area (Å²) in [5.74, 6) is -1.22. The Hall–Kier alpha value is -2.49. The average Bonchev–Trinajstić information content (AvgIpc) is 3.22. The molecular formula is C45H77O14P. The van der Waals surface area contributed by atoms with Crippen LogP contribution in [0, 0.1) is 0 Å². The van der Waals surface area contributed by atoms with Crippen molar-refractivity contribution in [2.24, 2.45) is 0 Å². The largest absolute Gasteiger partial charge is 0.472 e. The Morgan fingerprint density at radius 3 is 1.78 bits per heavy atom. The topological polar surface area (TPSA) is 230 Å². The maximum atomic E-state index is 12.8. The van der Waals surface area contributed by atoms with Crippen molar-refractivity contribution in [3.8, 4) is 0 Å². The summed E-state index contributed by atoms with van der Waals surface area (Å²) < 4.78 is 33.4. The summed E-state index contributed by atoms with van der Waals surface area (Å²) in [6.45, 7) is 3.10. The number of hydrogen-bond donors (Lipinski definition) is 7. The average molecular weight is 873 g/mol. The number of allylic oxidation sites excluding steroid dienone is 8. The Balaban J connectivity index is 2.56. The lowest BCUT2D eigenvalue weighted by atomic mass is 9.85. The Morgan fingerprint density at radius 1 is 0.600 bits per heavy atom. The molecule has 0 aromatic carbocycles. The van der Waals surface area contributed by atoms with Crippen molar-refractivity contribution in [2.75, 3.05) is 13.2 Å². The Kier molecular flexibility index (Phi) is 32.4. The van der Waals surface area contributed by atoms with Gasteiger partial charge in [-0.1, -0.05) is 126 Å².